The Morgan fingerprint density at radius 1 is 1.33 bits per heavy atom. The fraction of sp³-hybridized carbons (Fsp3) is 0.500. The topological polar surface area (TPSA) is 64.4 Å². The van der Waals surface area contributed by atoms with Gasteiger partial charge in [-0.3, -0.25) is 4.79 Å². The Labute approximate surface area is 120 Å². The normalized spacial score (nSPS) is 16.7. The Kier molecular flexibility index (Phi) is 4.72. The number of amides is 1. The lowest BCUT2D eigenvalue weighted by Crippen LogP contribution is -2.30. The Morgan fingerprint density at radius 3 is 2.57 bits per heavy atom. The third kappa shape index (κ3) is 4.10. The van der Waals surface area contributed by atoms with Gasteiger partial charge in [0.25, 0.3) is 0 Å². The number of nitrogens with one attached hydrogen (secondary N) is 1. The predicted molar refractivity (Wildman–Crippen MR) is 71.1 cm³/mol. The van der Waals surface area contributed by atoms with Crippen LogP contribution < -0.4 is 15.8 Å². The zero-order valence-electron chi connectivity index (χ0n) is 11.4. The average molecular weight is 302 g/mol. The van der Waals surface area contributed by atoms with E-state index in [1.54, 1.807) is 0 Å². The largest absolute Gasteiger partial charge is 0.493 e. The second-order valence-corrected chi connectivity index (χ2v) is 5.07. The first kappa shape index (κ1) is 15.6. The van der Waals surface area contributed by atoms with Crippen molar-refractivity contribution in [3.8, 4) is 5.75 Å². The van der Waals surface area contributed by atoms with Gasteiger partial charge in [-0.2, -0.15) is 13.2 Å². The molecule has 1 saturated heterocycles. The number of hydrogen-bond acceptors (Lipinski definition) is 3. The molecule has 21 heavy (non-hydrogen) atoms. The highest BCUT2D eigenvalue weighted by molar-refractivity contribution is 5.94. The van der Waals surface area contributed by atoms with Gasteiger partial charge >= 0.3 is 6.18 Å². The van der Waals surface area contributed by atoms with E-state index in [1.807, 2.05) is 0 Å². The predicted octanol–water partition coefficient (Wildman–Crippen LogP) is 2.18. The fourth-order valence-corrected chi connectivity index (χ4v) is 2.32. The molecular weight excluding hydrogens is 285 g/mol. The van der Waals surface area contributed by atoms with E-state index in [0.717, 1.165) is 38.1 Å². The van der Waals surface area contributed by atoms with Crippen LogP contribution in [0, 0.1) is 5.92 Å². The molecule has 1 aromatic carbocycles. The molecule has 1 heterocycles. The van der Waals surface area contributed by atoms with Crippen molar-refractivity contribution in [1.29, 1.82) is 0 Å². The molecule has 1 aromatic rings. The number of carbonyl (C=O) groups excluding carboxylic acids is 1. The standard InChI is InChI=1S/C14H17F3N2O2/c15-14(16,17)12-7-10(1-2-11(12)13(18)20)21-8-9-3-5-19-6-4-9/h1-2,7,9,19H,3-6,8H2,(H2,18,20). The number of rotatable bonds is 4. The van der Waals surface area contributed by atoms with Crippen LogP contribution in [0.25, 0.3) is 0 Å². The van der Waals surface area contributed by atoms with Crippen molar-refractivity contribution in [3.05, 3.63) is 29.3 Å². The molecule has 1 aliphatic rings. The number of piperidine rings is 1. The number of primary amides is 1. The van der Waals surface area contributed by atoms with E-state index in [1.165, 1.54) is 6.07 Å². The molecule has 0 spiro atoms. The molecule has 0 bridgehead atoms. The molecule has 4 nitrogen and oxygen atoms in total. The van der Waals surface area contributed by atoms with Gasteiger partial charge in [0, 0.05) is 0 Å². The van der Waals surface area contributed by atoms with E-state index < -0.39 is 23.2 Å². The van der Waals surface area contributed by atoms with E-state index in [-0.39, 0.29) is 5.75 Å². The van der Waals surface area contributed by atoms with Crippen LogP contribution in [0.3, 0.4) is 0 Å². The summed E-state index contributed by atoms with van der Waals surface area (Å²) in [4.78, 5) is 11.1. The van der Waals surface area contributed by atoms with Gasteiger partial charge < -0.3 is 15.8 Å². The first-order valence-corrected chi connectivity index (χ1v) is 6.72. The number of carbonyl (C=O) groups is 1. The minimum atomic E-state index is -4.64. The highest BCUT2D eigenvalue weighted by Crippen LogP contribution is 2.34. The Bertz CT molecular complexity index is 511. The van der Waals surface area contributed by atoms with Crippen LogP contribution >= 0.6 is 0 Å². The van der Waals surface area contributed by atoms with Crippen molar-refractivity contribution in [2.45, 2.75) is 19.0 Å². The summed E-state index contributed by atoms with van der Waals surface area (Å²) >= 11 is 0. The number of ether oxygens (including phenoxy) is 1. The van der Waals surface area contributed by atoms with Crippen molar-refractivity contribution in [3.63, 3.8) is 0 Å². The Hall–Kier alpha value is -1.76. The monoisotopic (exact) mass is 302 g/mol. The smallest absolute Gasteiger partial charge is 0.417 e. The SMILES string of the molecule is NC(=O)c1ccc(OCC2CCNCC2)cc1C(F)(F)F. The Morgan fingerprint density at radius 2 is 2.00 bits per heavy atom. The van der Waals surface area contributed by atoms with Gasteiger partial charge in [-0.25, -0.2) is 0 Å². The molecule has 0 radical (unpaired) electrons. The number of nitrogens with two attached hydrogens (primary N) is 1. The molecule has 0 aliphatic carbocycles. The highest BCUT2D eigenvalue weighted by Gasteiger charge is 2.35. The van der Waals surface area contributed by atoms with Crippen LogP contribution in [0.5, 0.6) is 5.75 Å². The van der Waals surface area contributed by atoms with E-state index >= 15 is 0 Å². The minimum absolute atomic E-state index is 0.103. The maximum Gasteiger partial charge on any atom is 0.417 e. The van der Waals surface area contributed by atoms with Crippen molar-refractivity contribution < 1.29 is 22.7 Å². The van der Waals surface area contributed by atoms with E-state index in [9.17, 15) is 18.0 Å². The van der Waals surface area contributed by atoms with Crippen LogP contribution in [0.1, 0.15) is 28.8 Å². The van der Waals surface area contributed by atoms with E-state index in [2.05, 4.69) is 5.32 Å². The van der Waals surface area contributed by atoms with Gasteiger partial charge in [0.2, 0.25) is 5.91 Å². The first-order valence-electron chi connectivity index (χ1n) is 6.72. The molecule has 1 aliphatic heterocycles. The van der Waals surface area contributed by atoms with Crippen molar-refractivity contribution in [2.75, 3.05) is 19.7 Å². The summed E-state index contributed by atoms with van der Waals surface area (Å²) in [6.45, 7) is 2.15. The summed E-state index contributed by atoms with van der Waals surface area (Å²) in [6, 6.07) is 3.24. The molecule has 1 amide bonds. The molecular formula is C14H17F3N2O2. The van der Waals surface area contributed by atoms with Gasteiger partial charge in [-0.05, 0) is 50.0 Å². The van der Waals surface area contributed by atoms with Gasteiger partial charge in [0.15, 0.2) is 0 Å². The van der Waals surface area contributed by atoms with Crippen molar-refractivity contribution >= 4 is 5.91 Å². The second-order valence-electron chi connectivity index (χ2n) is 5.07. The summed E-state index contributed by atoms with van der Waals surface area (Å²) in [5.74, 6) is -0.672. The van der Waals surface area contributed by atoms with Gasteiger partial charge in [-0.15, -0.1) is 0 Å². The lowest BCUT2D eigenvalue weighted by Gasteiger charge is -2.23. The number of hydrogen-bond donors (Lipinski definition) is 2. The van der Waals surface area contributed by atoms with Crippen LogP contribution in [0.4, 0.5) is 13.2 Å². The van der Waals surface area contributed by atoms with E-state index in [0.29, 0.717) is 12.5 Å². The third-order valence-corrected chi connectivity index (χ3v) is 3.51. The maximum atomic E-state index is 12.9. The number of alkyl halides is 3. The molecule has 0 aromatic heterocycles. The highest BCUT2D eigenvalue weighted by atomic mass is 19.4. The summed E-state index contributed by atoms with van der Waals surface area (Å²) in [7, 11) is 0. The molecule has 0 saturated carbocycles. The summed E-state index contributed by atoms with van der Waals surface area (Å²) in [5.41, 5.74) is 3.36. The van der Waals surface area contributed by atoms with Gasteiger partial charge in [-0.1, -0.05) is 0 Å². The lowest BCUT2D eigenvalue weighted by atomic mass is 9.99. The molecule has 7 heteroatoms. The van der Waals surface area contributed by atoms with Crippen molar-refractivity contribution in [2.24, 2.45) is 11.7 Å². The van der Waals surface area contributed by atoms with Gasteiger partial charge in [0.1, 0.15) is 5.75 Å². The third-order valence-electron chi connectivity index (χ3n) is 3.51. The minimum Gasteiger partial charge on any atom is -0.493 e. The molecule has 1 fully saturated rings. The lowest BCUT2D eigenvalue weighted by molar-refractivity contribution is -0.138. The van der Waals surface area contributed by atoms with Crippen LogP contribution in [-0.4, -0.2) is 25.6 Å². The van der Waals surface area contributed by atoms with Gasteiger partial charge in [0.05, 0.1) is 17.7 Å². The molecule has 3 N–H and O–H groups in total. The first-order chi connectivity index (χ1) is 9.88. The molecule has 0 atom stereocenters. The van der Waals surface area contributed by atoms with Crippen LogP contribution in [0.15, 0.2) is 18.2 Å². The number of benzene rings is 1. The van der Waals surface area contributed by atoms with Crippen LogP contribution in [0.2, 0.25) is 0 Å². The second kappa shape index (κ2) is 6.34. The molecule has 0 unspecified atom stereocenters. The maximum absolute atomic E-state index is 12.9. The zero-order valence-corrected chi connectivity index (χ0v) is 11.4. The molecule has 2 rings (SSSR count). The van der Waals surface area contributed by atoms with Crippen LogP contribution in [-0.2, 0) is 6.18 Å². The molecule has 116 valence electrons. The average Bonchev–Trinajstić information content (AvgIpc) is 2.45. The van der Waals surface area contributed by atoms with E-state index in [4.69, 9.17) is 10.5 Å². The fourth-order valence-electron chi connectivity index (χ4n) is 2.32. The zero-order chi connectivity index (χ0) is 15.5. The summed E-state index contributed by atoms with van der Waals surface area (Å²) in [6.07, 6.45) is -2.77. The van der Waals surface area contributed by atoms with Crippen molar-refractivity contribution in [1.82, 2.24) is 5.32 Å². The quantitative estimate of drug-likeness (QED) is 0.896. The number of halogens is 3. The summed E-state index contributed by atoms with van der Waals surface area (Å²) < 4.78 is 44.2. The summed E-state index contributed by atoms with van der Waals surface area (Å²) in [5, 5.41) is 3.21. The Balaban J connectivity index is 2.11.